The van der Waals surface area contributed by atoms with E-state index in [4.69, 9.17) is 5.84 Å². The minimum absolute atomic E-state index is 0.292. The van der Waals surface area contributed by atoms with E-state index in [0.29, 0.717) is 5.69 Å². The second-order valence-electron chi connectivity index (χ2n) is 3.48. The molecule has 0 radical (unpaired) electrons. The first-order chi connectivity index (χ1) is 7.67. The molecule has 84 valence electrons. The van der Waals surface area contributed by atoms with Crippen molar-refractivity contribution >= 4 is 27.4 Å². The molecule has 0 aromatic carbocycles. The van der Waals surface area contributed by atoms with Crippen LogP contribution in [0, 0.1) is 0 Å². The van der Waals surface area contributed by atoms with Gasteiger partial charge >= 0.3 is 0 Å². The number of carbonyl (C=O) groups is 1. The van der Waals surface area contributed by atoms with E-state index in [2.05, 4.69) is 34.3 Å². The lowest BCUT2D eigenvalue weighted by Gasteiger charge is -2.06. The Hall–Kier alpha value is -1.33. The molecule has 0 fully saturated rings. The van der Waals surface area contributed by atoms with Crippen molar-refractivity contribution < 1.29 is 4.79 Å². The summed E-state index contributed by atoms with van der Waals surface area (Å²) in [7, 11) is 0. The molecular formula is C11H12BrN3O. The van der Waals surface area contributed by atoms with Crippen molar-refractivity contribution in [3.8, 4) is 0 Å². The number of hydrogen-bond donors (Lipinski definition) is 2. The van der Waals surface area contributed by atoms with Gasteiger partial charge in [0.25, 0.3) is 5.91 Å². The number of halogens is 1. The van der Waals surface area contributed by atoms with Gasteiger partial charge in [-0.3, -0.25) is 10.2 Å². The Bertz CT molecular complexity index is 547. The van der Waals surface area contributed by atoms with Crippen molar-refractivity contribution in [2.45, 2.75) is 13.3 Å². The van der Waals surface area contributed by atoms with Crippen LogP contribution in [-0.4, -0.2) is 10.3 Å². The van der Waals surface area contributed by atoms with Crippen LogP contribution < -0.4 is 11.3 Å². The summed E-state index contributed by atoms with van der Waals surface area (Å²) in [6, 6.07) is 5.75. The third-order valence-electron chi connectivity index (χ3n) is 2.56. The molecule has 2 aromatic rings. The summed E-state index contributed by atoms with van der Waals surface area (Å²) < 4.78 is 2.78. The maximum atomic E-state index is 11.5. The van der Waals surface area contributed by atoms with Crippen LogP contribution in [0.25, 0.3) is 5.52 Å². The number of aryl methyl sites for hydroxylation is 1. The van der Waals surface area contributed by atoms with Crippen LogP contribution in [0.1, 0.15) is 23.0 Å². The number of hydrazine groups is 1. The van der Waals surface area contributed by atoms with Crippen LogP contribution in [0.4, 0.5) is 0 Å². The molecule has 0 unspecified atom stereocenters. The van der Waals surface area contributed by atoms with Gasteiger partial charge in [0.05, 0.1) is 0 Å². The van der Waals surface area contributed by atoms with Crippen LogP contribution in [0.3, 0.4) is 0 Å². The lowest BCUT2D eigenvalue weighted by atomic mass is 10.2. The van der Waals surface area contributed by atoms with Gasteiger partial charge in [-0.15, -0.1) is 0 Å². The molecule has 1 amide bonds. The largest absolute Gasteiger partial charge is 0.311 e. The maximum Gasteiger partial charge on any atom is 0.282 e. The smallest absolute Gasteiger partial charge is 0.282 e. The van der Waals surface area contributed by atoms with Crippen molar-refractivity contribution in [2.75, 3.05) is 0 Å². The van der Waals surface area contributed by atoms with E-state index in [1.54, 1.807) is 6.07 Å². The van der Waals surface area contributed by atoms with E-state index < -0.39 is 0 Å². The number of fused-ring (bicyclic) bond motifs is 1. The zero-order chi connectivity index (χ0) is 11.7. The minimum Gasteiger partial charge on any atom is -0.311 e. The van der Waals surface area contributed by atoms with Crippen molar-refractivity contribution in [1.29, 1.82) is 0 Å². The predicted octanol–water partition coefficient (Wildman–Crippen LogP) is 1.87. The van der Waals surface area contributed by atoms with E-state index >= 15 is 0 Å². The second kappa shape index (κ2) is 4.27. The Morgan fingerprint density at radius 3 is 2.94 bits per heavy atom. The Morgan fingerprint density at radius 2 is 2.31 bits per heavy atom. The highest BCUT2D eigenvalue weighted by Crippen LogP contribution is 2.21. The number of nitrogens with two attached hydrogens (primary N) is 1. The highest BCUT2D eigenvalue weighted by molar-refractivity contribution is 9.10. The highest BCUT2D eigenvalue weighted by atomic mass is 79.9. The summed E-state index contributed by atoms with van der Waals surface area (Å²) in [6.45, 7) is 2.08. The number of rotatable bonds is 2. The topological polar surface area (TPSA) is 59.5 Å². The molecule has 0 aliphatic carbocycles. The molecule has 0 atom stereocenters. The fourth-order valence-electron chi connectivity index (χ4n) is 1.79. The lowest BCUT2D eigenvalue weighted by molar-refractivity contribution is 0.0948. The third kappa shape index (κ3) is 1.72. The van der Waals surface area contributed by atoms with Gasteiger partial charge in [0, 0.05) is 16.2 Å². The van der Waals surface area contributed by atoms with Crippen LogP contribution in [-0.2, 0) is 6.42 Å². The zero-order valence-electron chi connectivity index (χ0n) is 8.83. The zero-order valence-corrected chi connectivity index (χ0v) is 10.4. The Labute approximate surface area is 102 Å². The van der Waals surface area contributed by atoms with E-state index in [9.17, 15) is 4.79 Å². The summed E-state index contributed by atoms with van der Waals surface area (Å²) >= 11 is 3.43. The average Bonchev–Trinajstić information content (AvgIpc) is 2.70. The number of carbonyl (C=O) groups excluding carboxylic acids is 1. The summed E-state index contributed by atoms with van der Waals surface area (Å²) in [5.74, 6) is 4.85. The quantitative estimate of drug-likeness (QED) is 0.502. The van der Waals surface area contributed by atoms with E-state index in [1.807, 2.05) is 16.7 Å². The monoisotopic (exact) mass is 281 g/mol. The number of aromatic nitrogens is 1. The number of pyridine rings is 1. The fraction of sp³-hybridized carbons (Fsp3) is 0.182. The SMILES string of the molecule is CCc1cc(Br)cn2c(C(=O)NN)ccc12. The van der Waals surface area contributed by atoms with Gasteiger partial charge in [-0.1, -0.05) is 6.92 Å². The van der Waals surface area contributed by atoms with Gasteiger partial charge < -0.3 is 4.40 Å². The van der Waals surface area contributed by atoms with Gasteiger partial charge in [-0.05, 0) is 46.1 Å². The Balaban J connectivity index is 2.72. The third-order valence-corrected chi connectivity index (χ3v) is 2.99. The fourth-order valence-corrected chi connectivity index (χ4v) is 2.27. The van der Waals surface area contributed by atoms with Crippen molar-refractivity contribution in [1.82, 2.24) is 9.83 Å². The summed E-state index contributed by atoms with van der Waals surface area (Å²) in [5, 5.41) is 0. The molecule has 16 heavy (non-hydrogen) atoms. The van der Waals surface area contributed by atoms with Gasteiger partial charge in [0.15, 0.2) is 0 Å². The van der Waals surface area contributed by atoms with Crippen LogP contribution in [0.2, 0.25) is 0 Å². The van der Waals surface area contributed by atoms with Crippen molar-refractivity contribution in [3.05, 3.63) is 40.1 Å². The molecule has 2 aromatic heterocycles. The van der Waals surface area contributed by atoms with Crippen LogP contribution in [0.15, 0.2) is 28.9 Å². The number of nitrogen functional groups attached to an aromatic ring is 1. The van der Waals surface area contributed by atoms with Crippen molar-refractivity contribution in [3.63, 3.8) is 0 Å². The number of hydrogen-bond acceptors (Lipinski definition) is 2. The molecule has 0 saturated carbocycles. The molecule has 4 nitrogen and oxygen atoms in total. The molecule has 2 rings (SSSR count). The normalized spacial score (nSPS) is 10.7. The van der Waals surface area contributed by atoms with Gasteiger partial charge in [-0.25, -0.2) is 5.84 Å². The lowest BCUT2D eigenvalue weighted by Crippen LogP contribution is -2.30. The summed E-state index contributed by atoms with van der Waals surface area (Å²) in [5.41, 5.74) is 4.89. The molecule has 0 saturated heterocycles. The standard InChI is InChI=1S/C11H12BrN3O/c1-2-7-5-8(12)6-15-9(7)3-4-10(15)11(16)14-13/h3-6H,2,13H2,1H3,(H,14,16). The van der Waals surface area contributed by atoms with Crippen LogP contribution >= 0.6 is 15.9 Å². The number of nitrogens with zero attached hydrogens (tertiary/aromatic N) is 1. The first-order valence-electron chi connectivity index (χ1n) is 4.97. The maximum absolute atomic E-state index is 11.5. The van der Waals surface area contributed by atoms with Gasteiger partial charge in [0.1, 0.15) is 5.69 Å². The molecule has 3 N–H and O–H groups in total. The molecular weight excluding hydrogens is 270 g/mol. The first-order valence-corrected chi connectivity index (χ1v) is 5.77. The second-order valence-corrected chi connectivity index (χ2v) is 4.40. The van der Waals surface area contributed by atoms with E-state index in [1.165, 1.54) is 5.56 Å². The molecule has 0 aliphatic rings. The molecule has 5 heteroatoms. The van der Waals surface area contributed by atoms with Gasteiger partial charge in [0.2, 0.25) is 0 Å². The Morgan fingerprint density at radius 1 is 1.56 bits per heavy atom. The molecule has 2 heterocycles. The minimum atomic E-state index is -0.292. The highest BCUT2D eigenvalue weighted by Gasteiger charge is 2.11. The predicted molar refractivity (Wildman–Crippen MR) is 66.1 cm³/mol. The van der Waals surface area contributed by atoms with Crippen LogP contribution in [0.5, 0.6) is 0 Å². The first kappa shape index (κ1) is 11.2. The number of nitrogens with one attached hydrogen (secondary N) is 1. The van der Waals surface area contributed by atoms with Crippen molar-refractivity contribution in [2.24, 2.45) is 5.84 Å². The van der Waals surface area contributed by atoms with E-state index in [-0.39, 0.29) is 5.91 Å². The summed E-state index contributed by atoms with van der Waals surface area (Å²) in [4.78, 5) is 11.5. The molecule has 0 aliphatic heterocycles. The number of amides is 1. The molecule has 0 bridgehead atoms. The Kier molecular flexibility index (Phi) is 2.98. The summed E-state index contributed by atoms with van der Waals surface area (Å²) in [6.07, 6.45) is 2.77. The van der Waals surface area contributed by atoms with E-state index in [0.717, 1.165) is 16.4 Å². The average molecular weight is 282 g/mol. The van der Waals surface area contributed by atoms with Gasteiger partial charge in [-0.2, -0.15) is 0 Å². The molecule has 0 spiro atoms.